The molecule has 28 valence electrons. The molecule has 1 atom stereocenters. The molecule has 0 radical (unpaired) electrons. The third-order valence-corrected chi connectivity index (χ3v) is 0.867. The van der Waals surface area contributed by atoms with Crippen molar-refractivity contribution in [1.82, 2.24) is 0 Å². The van der Waals surface area contributed by atoms with Crippen molar-refractivity contribution in [3.63, 3.8) is 0 Å². The van der Waals surface area contributed by atoms with Gasteiger partial charge in [-0.05, 0) is 0 Å². The summed E-state index contributed by atoms with van der Waals surface area (Å²) in [6.45, 7) is 0.920. The normalized spacial score (nSPS) is 33.4. The van der Waals surface area contributed by atoms with Crippen LogP contribution in [0.2, 0.25) is 0 Å². The molecule has 1 nitrogen and oxygen atoms in total. The molecule has 0 aromatic heterocycles. The van der Waals surface area contributed by atoms with Crippen LogP contribution >= 0.6 is 12.6 Å². The summed E-state index contributed by atoms with van der Waals surface area (Å²) in [4.78, 5) is 3.80. The second-order valence-corrected chi connectivity index (χ2v) is 1.74. The van der Waals surface area contributed by atoms with Gasteiger partial charge in [0, 0.05) is 6.21 Å². The van der Waals surface area contributed by atoms with Gasteiger partial charge in [0.15, 0.2) is 0 Å². The van der Waals surface area contributed by atoms with Crippen LogP contribution in [0.1, 0.15) is 0 Å². The van der Waals surface area contributed by atoms with Crippen molar-refractivity contribution in [1.29, 1.82) is 0 Å². The fourth-order valence-electron chi connectivity index (χ4n) is 0.200. The van der Waals surface area contributed by atoms with E-state index in [0.717, 1.165) is 6.54 Å². The van der Waals surface area contributed by atoms with Crippen molar-refractivity contribution in [3.8, 4) is 0 Å². The lowest BCUT2D eigenvalue weighted by Gasteiger charge is -2.06. The van der Waals surface area contributed by atoms with Crippen molar-refractivity contribution < 1.29 is 0 Å². The van der Waals surface area contributed by atoms with Crippen LogP contribution in [0.3, 0.4) is 0 Å². The molecule has 1 aliphatic heterocycles. The fraction of sp³-hybridized carbons (Fsp3) is 0.667. The van der Waals surface area contributed by atoms with E-state index in [1.165, 1.54) is 0 Å². The van der Waals surface area contributed by atoms with E-state index in [1.54, 1.807) is 0 Å². The Bertz CT molecular complexity index is 59.9. The maximum atomic E-state index is 4.04. The van der Waals surface area contributed by atoms with Crippen molar-refractivity contribution >= 4 is 18.8 Å². The summed E-state index contributed by atoms with van der Waals surface area (Å²) in [6.07, 6.45) is 1.84. The molecule has 0 spiro atoms. The van der Waals surface area contributed by atoms with Crippen LogP contribution in [0.5, 0.6) is 0 Å². The molecule has 1 heterocycles. The molecule has 0 aromatic rings. The molecule has 5 heavy (non-hydrogen) atoms. The Hall–Kier alpha value is 0.0200. The average Bonchev–Trinajstić information content (AvgIpc) is 1.30. The Morgan fingerprint density at radius 1 is 2.00 bits per heavy atom. The van der Waals surface area contributed by atoms with Crippen molar-refractivity contribution in [2.75, 3.05) is 6.54 Å². The molecule has 0 saturated heterocycles. The molecule has 1 rings (SSSR count). The summed E-state index contributed by atoms with van der Waals surface area (Å²) in [7, 11) is 0. The predicted molar refractivity (Wildman–Crippen MR) is 26.1 cm³/mol. The first-order valence-corrected chi connectivity index (χ1v) is 2.09. The van der Waals surface area contributed by atoms with E-state index in [4.69, 9.17) is 0 Å². The minimum absolute atomic E-state index is 0.468. The number of rotatable bonds is 0. The highest BCUT2D eigenvalue weighted by molar-refractivity contribution is 7.81. The number of thiol groups is 1. The van der Waals surface area contributed by atoms with Gasteiger partial charge in [-0.15, -0.1) is 0 Å². The summed E-state index contributed by atoms with van der Waals surface area (Å²) >= 11 is 4.04. The van der Waals surface area contributed by atoms with Crippen LogP contribution in [0.15, 0.2) is 4.99 Å². The number of hydrogen-bond acceptors (Lipinski definition) is 2. The Kier molecular flexibility index (Phi) is 0.651. The first kappa shape index (κ1) is 3.22. The summed E-state index contributed by atoms with van der Waals surface area (Å²) in [5.74, 6) is 0. The topological polar surface area (TPSA) is 12.4 Å². The summed E-state index contributed by atoms with van der Waals surface area (Å²) in [5.41, 5.74) is 0. The largest absolute Gasteiger partial charge is 0.295 e. The van der Waals surface area contributed by atoms with Gasteiger partial charge in [-0.25, -0.2) is 0 Å². The van der Waals surface area contributed by atoms with Gasteiger partial charge < -0.3 is 0 Å². The molecule has 2 heteroatoms. The third kappa shape index (κ3) is 0.453. The lowest BCUT2D eigenvalue weighted by atomic mass is 10.4. The van der Waals surface area contributed by atoms with E-state index in [1.807, 2.05) is 6.21 Å². The molecule has 0 fully saturated rings. The summed E-state index contributed by atoms with van der Waals surface area (Å²) < 4.78 is 0. The molecule has 1 unspecified atom stereocenters. The van der Waals surface area contributed by atoms with E-state index in [0.29, 0.717) is 5.25 Å². The zero-order valence-corrected chi connectivity index (χ0v) is 3.65. The van der Waals surface area contributed by atoms with E-state index < -0.39 is 0 Å². The summed E-state index contributed by atoms with van der Waals surface area (Å²) in [5, 5.41) is 0.468. The van der Waals surface area contributed by atoms with Gasteiger partial charge in [-0.1, -0.05) is 0 Å². The molecule has 1 aliphatic rings. The summed E-state index contributed by atoms with van der Waals surface area (Å²) in [6, 6.07) is 0. The lowest BCUT2D eigenvalue weighted by molar-refractivity contribution is 1.00. The Morgan fingerprint density at radius 3 is 2.40 bits per heavy atom. The van der Waals surface area contributed by atoms with E-state index in [9.17, 15) is 0 Å². The molecule has 0 aromatic carbocycles. The highest BCUT2D eigenvalue weighted by Gasteiger charge is 2.01. The molecule has 0 saturated carbocycles. The van der Waals surface area contributed by atoms with Gasteiger partial charge >= 0.3 is 0 Å². The number of hydrogen-bond donors (Lipinski definition) is 1. The first-order chi connectivity index (χ1) is 2.39. The minimum atomic E-state index is 0.468. The molecule has 0 bridgehead atoms. The van der Waals surface area contributed by atoms with E-state index in [2.05, 4.69) is 17.6 Å². The van der Waals surface area contributed by atoms with Crippen LogP contribution in [0.4, 0.5) is 0 Å². The second-order valence-electron chi connectivity index (χ2n) is 1.08. The zero-order valence-electron chi connectivity index (χ0n) is 2.76. The standard InChI is InChI=1S/C3H5NS/c5-3-1-4-2-3/h1,3,5H,2H2. The lowest BCUT2D eigenvalue weighted by Crippen LogP contribution is -2.14. The fourth-order valence-corrected chi connectivity index (χ4v) is 0.388. The molecule has 0 amide bonds. The first-order valence-electron chi connectivity index (χ1n) is 1.57. The van der Waals surface area contributed by atoms with E-state index in [-0.39, 0.29) is 0 Å². The van der Waals surface area contributed by atoms with Crippen LogP contribution in [0, 0.1) is 0 Å². The monoisotopic (exact) mass is 87.0 g/mol. The van der Waals surface area contributed by atoms with Crippen molar-refractivity contribution in [2.45, 2.75) is 5.25 Å². The van der Waals surface area contributed by atoms with Crippen LogP contribution in [-0.2, 0) is 0 Å². The van der Waals surface area contributed by atoms with Crippen LogP contribution in [0.25, 0.3) is 0 Å². The van der Waals surface area contributed by atoms with Gasteiger partial charge in [0.25, 0.3) is 0 Å². The highest BCUT2D eigenvalue weighted by Crippen LogP contribution is 1.98. The molecule has 0 N–H and O–H groups in total. The predicted octanol–water partition coefficient (Wildman–Crippen LogP) is 0.369. The van der Waals surface area contributed by atoms with Gasteiger partial charge in [0.1, 0.15) is 0 Å². The number of nitrogens with zero attached hydrogens (tertiary/aromatic N) is 1. The van der Waals surface area contributed by atoms with E-state index >= 15 is 0 Å². The highest BCUT2D eigenvalue weighted by atomic mass is 32.1. The third-order valence-electron chi connectivity index (χ3n) is 0.570. The number of aliphatic imine (C=N–C) groups is 1. The van der Waals surface area contributed by atoms with Crippen LogP contribution < -0.4 is 0 Å². The second kappa shape index (κ2) is 1.01. The smallest absolute Gasteiger partial charge is 0.0561 e. The SMILES string of the molecule is SC1C=NC1. The van der Waals surface area contributed by atoms with Gasteiger partial charge in [-0.2, -0.15) is 12.6 Å². The Balaban J connectivity index is 2.39. The Labute approximate surface area is 36.5 Å². The quantitative estimate of drug-likeness (QED) is 0.410. The van der Waals surface area contributed by atoms with Gasteiger partial charge in [-0.3, -0.25) is 4.99 Å². The molecular formula is C3H5NS. The molecular weight excluding hydrogens is 82.1 g/mol. The maximum absolute atomic E-state index is 4.04. The zero-order chi connectivity index (χ0) is 3.70. The van der Waals surface area contributed by atoms with Crippen LogP contribution in [-0.4, -0.2) is 18.0 Å². The van der Waals surface area contributed by atoms with Gasteiger partial charge in [0.05, 0.1) is 11.8 Å². The minimum Gasteiger partial charge on any atom is -0.295 e. The molecule has 0 aliphatic carbocycles. The maximum Gasteiger partial charge on any atom is 0.0561 e. The Morgan fingerprint density at radius 2 is 2.40 bits per heavy atom. The van der Waals surface area contributed by atoms with Crippen molar-refractivity contribution in [2.24, 2.45) is 4.99 Å². The van der Waals surface area contributed by atoms with Crippen molar-refractivity contribution in [3.05, 3.63) is 0 Å². The average molecular weight is 87.1 g/mol. The van der Waals surface area contributed by atoms with Gasteiger partial charge in [0.2, 0.25) is 0 Å².